The highest BCUT2D eigenvalue weighted by molar-refractivity contribution is 7.98. The smallest absolute Gasteiger partial charge is 0.244 e. The van der Waals surface area contributed by atoms with Gasteiger partial charge in [-0.3, -0.25) is 4.79 Å². The third-order valence-electron chi connectivity index (χ3n) is 2.27. The van der Waals surface area contributed by atoms with Crippen molar-refractivity contribution >= 4 is 23.7 Å². The first-order valence-electron chi connectivity index (χ1n) is 5.62. The Bertz CT molecular complexity index is 550. The minimum atomic E-state index is -0.189. The van der Waals surface area contributed by atoms with Crippen LogP contribution in [-0.2, 0) is 11.3 Å². The minimum absolute atomic E-state index is 0.189. The zero-order valence-electron chi connectivity index (χ0n) is 10.4. The van der Waals surface area contributed by atoms with Crippen molar-refractivity contribution < 1.29 is 9.21 Å². The molecule has 0 aliphatic heterocycles. The summed E-state index contributed by atoms with van der Waals surface area (Å²) in [6.45, 7) is 0.373. The van der Waals surface area contributed by atoms with Crippen molar-refractivity contribution in [3.8, 4) is 0 Å². The van der Waals surface area contributed by atoms with E-state index in [9.17, 15) is 4.79 Å². The molecular weight excluding hydrogens is 262 g/mol. The van der Waals surface area contributed by atoms with Gasteiger partial charge in [0.25, 0.3) is 0 Å². The van der Waals surface area contributed by atoms with Crippen LogP contribution in [0.15, 0.2) is 46.4 Å². The lowest BCUT2D eigenvalue weighted by Crippen LogP contribution is -2.19. The van der Waals surface area contributed by atoms with E-state index in [1.807, 2.05) is 6.26 Å². The van der Waals surface area contributed by atoms with E-state index in [-0.39, 0.29) is 5.91 Å². The average Bonchev–Trinajstić information content (AvgIpc) is 2.96. The first kappa shape index (κ1) is 13.4. The quantitative estimate of drug-likeness (QED) is 0.514. The number of aromatic nitrogens is 2. The van der Waals surface area contributed by atoms with Crippen LogP contribution < -0.4 is 5.32 Å². The molecule has 19 heavy (non-hydrogen) atoms. The zero-order valence-corrected chi connectivity index (χ0v) is 11.2. The fraction of sp³-hybridized carbons (Fsp3) is 0.154. The van der Waals surface area contributed by atoms with Crippen LogP contribution in [0, 0.1) is 0 Å². The molecule has 5 nitrogen and oxygen atoms in total. The number of hydrogen-bond donors (Lipinski definition) is 1. The lowest BCUT2D eigenvalue weighted by molar-refractivity contribution is -0.116. The highest BCUT2D eigenvalue weighted by Gasteiger charge is 1.99. The highest BCUT2D eigenvalue weighted by atomic mass is 32.2. The topological polar surface area (TPSA) is 68.0 Å². The maximum Gasteiger partial charge on any atom is 0.244 e. The van der Waals surface area contributed by atoms with Crippen molar-refractivity contribution in [1.29, 1.82) is 0 Å². The maximum atomic E-state index is 11.6. The molecule has 0 aliphatic carbocycles. The van der Waals surface area contributed by atoms with E-state index in [2.05, 4.69) is 15.3 Å². The summed E-state index contributed by atoms with van der Waals surface area (Å²) in [5, 5.41) is 3.42. The molecule has 2 heterocycles. The fourth-order valence-electron chi connectivity index (χ4n) is 1.34. The Hall–Kier alpha value is -2.08. The summed E-state index contributed by atoms with van der Waals surface area (Å²) in [5.74, 6) is 0.528. The molecule has 1 N–H and O–H groups in total. The summed E-state index contributed by atoms with van der Waals surface area (Å²) in [4.78, 5) is 19.8. The average molecular weight is 275 g/mol. The van der Waals surface area contributed by atoms with Crippen molar-refractivity contribution in [3.05, 3.63) is 48.2 Å². The van der Waals surface area contributed by atoms with E-state index in [1.54, 1.807) is 36.9 Å². The Balaban J connectivity index is 1.85. The molecule has 98 valence electrons. The van der Waals surface area contributed by atoms with Gasteiger partial charge in [0, 0.05) is 24.0 Å². The standard InChI is InChI=1S/C13H13N3O2S/c1-19-13-15-7-10(8-16-13)4-5-12(17)14-9-11-3-2-6-18-11/h2-8H,9H2,1H3,(H,14,17)/b5-4+. The SMILES string of the molecule is CSc1ncc(/C=C/C(=O)NCc2ccco2)cn1. The van der Waals surface area contributed by atoms with E-state index in [0.29, 0.717) is 11.7 Å². The van der Waals surface area contributed by atoms with Crippen LogP contribution >= 0.6 is 11.8 Å². The van der Waals surface area contributed by atoms with Crippen molar-refractivity contribution in [2.45, 2.75) is 11.7 Å². The Kier molecular flexibility index (Phi) is 4.74. The Morgan fingerprint density at radius 2 is 2.26 bits per heavy atom. The summed E-state index contributed by atoms with van der Waals surface area (Å²) in [5.41, 5.74) is 0.783. The van der Waals surface area contributed by atoms with E-state index in [4.69, 9.17) is 4.42 Å². The van der Waals surface area contributed by atoms with E-state index in [0.717, 1.165) is 11.3 Å². The van der Waals surface area contributed by atoms with Gasteiger partial charge < -0.3 is 9.73 Å². The Morgan fingerprint density at radius 1 is 1.47 bits per heavy atom. The summed E-state index contributed by atoms with van der Waals surface area (Å²) >= 11 is 1.47. The first-order chi connectivity index (χ1) is 9.28. The largest absolute Gasteiger partial charge is 0.467 e. The number of nitrogens with one attached hydrogen (secondary N) is 1. The van der Waals surface area contributed by atoms with Crippen LogP contribution in [0.4, 0.5) is 0 Å². The molecule has 0 aromatic carbocycles. The normalized spacial score (nSPS) is 10.8. The summed E-state index contributed by atoms with van der Waals surface area (Å²) < 4.78 is 5.11. The van der Waals surface area contributed by atoms with Crippen molar-refractivity contribution in [2.24, 2.45) is 0 Å². The number of rotatable bonds is 5. The van der Waals surface area contributed by atoms with Gasteiger partial charge in [0.2, 0.25) is 5.91 Å². The van der Waals surface area contributed by atoms with Crippen LogP contribution in [0.2, 0.25) is 0 Å². The maximum absolute atomic E-state index is 11.6. The molecule has 2 aromatic rings. The molecule has 0 radical (unpaired) electrons. The predicted molar refractivity (Wildman–Crippen MR) is 73.4 cm³/mol. The molecular formula is C13H13N3O2S. The summed E-state index contributed by atoms with van der Waals surface area (Å²) in [7, 11) is 0. The Labute approximate surface area is 115 Å². The molecule has 0 saturated heterocycles. The number of carbonyl (C=O) groups is 1. The molecule has 2 rings (SSSR count). The van der Waals surface area contributed by atoms with Crippen LogP contribution in [0.5, 0.6) is 0 Å². The molecule has 0 fully saturated rings. The van der Waals surface area contributed by atoms with Crippen LogP contribution in [0.3, 0.4) is 0 Å². The molecule has 0 saturated carbocycles. The van der Waals surface area contributed by atoms with E-state index < -0.39 is 0 Å². The summed E-state index contributed by atoms with van der Waals surface area (Å²) in [6.07, 6.45) is 9.95. The van der Waals surface area contributed by atoms with Gasteiger partial charge in [-0.05, 0) is 24.5 Å². The second-order valence-electron chi connectivity index (χ2n) is 3.63. The number of nitrogens with zero attached hydrogens (tertiary/aromatic N) is 2. The molecule has 0 aliphatic rings. The molecule has 0 bridgehead atoms. The van der Waals surface area contributed by atoms with E-state index >= 15 is 0 Å². The van der Waals surface area contributed by atoms with Gasteiger partial charge in [0.1, 0.15) is 5.76 Å². The van der Waals surface area contributed by atoms with Gasteiger partial charge in [-0.15, -0.1) is 0 Å². The van der Waals surface area contributed by atoms with Gasteiger partial charge in [-0.1, -0.05) is 11.8 Å². The lowest BCUT2D eigenvalue weighted by atomic mass is 10.3. The van der Waals surface area contributed by atoms with Crippen molar-refractivity contribution in [3.63, 3.8) is 0 Å². The van der Waals surface area contributed by atoms with Gasteiger partial charge in [0.05, 0.1) is 12.8 Å². The molecule has 0 unspecified atom stereocenters. The molecule has 1 amide bonds. The molecule has 0 atom stereocenters. The molecule has 2 aromatic heterocycles. The fourth-order valence-corrected chi connectivity index (χ4v) is 1.65. The van der Waals surface area contributed by atoms with Crippen LogP contribution in [0.1, 0.15) is 11.3 Å². The van der Waals surface area contributed by atoms with Gasteiger partial charge in [-0.2, -0.15) is 0 Å². The highest BCUT2D eigenvalue weighted by Crippen LogP contribution is 2.07. The third kappa shape index (κ3) is 4.26. The number of carbonyl (C=O) groups excluding carboxylic acids is 1. The number of furan rings is 1. The number of hydrogen-bond acceptors (Lipinski definition) is 5. The molecule has 6 heteroatoms. The van der Waals surface area contributed by atoms with E-state index in [1.165, 1.54) is 17.8 Å². The predicted octanol–water partition coefficient (Wildman–Crippen LogP) is 2.12. The van der Waals surface area contributed by atoms with Crippen molar-refractivity contribution in [2.75, 3.05) is 6.26 Å². The third-order valence-corrected chi connectivity index (χ3v) is 2.85. The zero-order chi connectivity index (χ0) is 13.5. The monoisotopic (exact) mass is 275 g/mol. The number of amides is 1. The van der Waals surface area contributed by atoms with Crippen LogP contribution in [0.25, 0.3) is 6.08 Å². The van der Waals surface area contributed by atoms with Crippen LogP contribution in [-0.4, -0.2) is 22.1 Å². The number of thioether (sulfide) groups is 1. The second-order valence-corrected chi connectivity index (χ2v) is 4.41. The lowest BCUT2D eigenvalue weighted by Gasteiger charge is -1.98. The summed E-state index contributed by atoms with van der Waals surface area (Å²) in [6, 6.07) is 3.58. The molecule has 0 spiro atoms. The Morgan fingerprint density at radius 3 is 2.89 bits per heavy atom. The first-order valence-corrected chi connectivity index (χ1v) is 6.85. The minimum Gasteiger partial charge on any atom is -0.467 e. The van der Waals surface area contributed by atoms with Gasteiger partial charge >= 0.3 is 0 Å². The van der Waals surface area contributed by atoms with Crippen molar-refractivity contribution in [1.82, 2.24) is 15.3 Å². The van der Waals surface area contributed by atoms with Gasteiger partial charge in [0.15, 0.2) is 5.16 Å². The second kappa shape index (κ2) is 6.75. The van der Waals surface area contributed by atoms with Gasteiger partial charge in [-0.25, -0.2) is 9.97 Å².